The Kier molecular flexibility index (Phi) is 10.1. The summed E-state index contributed by atoms with van der Waals surface area (Å²) in [5.74, 6) is 6.98. The Morgan fingerprint density at radius 3 is 2.19 bits per heavy atom. The third kappa shape index (κ3) is 6.17. The van der Waals surface area contributed by atoms with E-state index in [0.29, 0.717) is 15.9 Å². The predicted molar refractivity (Wildman–Crippen MR) is 156 cm³/mol. The van der Waals surface area contributed by atoms with E-state index in [4.69, 9.17) is 14.0 Å². The van der Waals surface area contributed by atoms with Crippen LogP contribution in [0.2, 0.25) is 18.1 Å². The van der Waals surface area contributed by atoms with Crippen molar-refractivity contribution in [1.82, 2.24) is 0 Å². The van der Waals surface area contributed by atoms with Gasteiger partial charge in [0.25, 0.3) is 0 Å². The van der Waals surface area contributed by atoms with Crippen molar-refractivity contribution in [2.75, 3.05) is 6.61 Å². The highest BCUT2D eigenvalue weighted by molar-refractivity contribution is 6.74. The highest BCUT2D eigenvalue weighted by Crippen LogP contribution is 2.68. The lowest BCUT2D eigenvalue weighted by molar-refractivity contribution is -0.191. The Hall–Kier alpha value is -0.443. The molecule has 0 N–H and O–H groups in total. The number of carbonyl (C=O) groups excluding carboxylic acids is 2. The third-order valence-corrected chi connectivity index (χ3v) is 17.6. The molecule has 0 spiro atoms. The van der Waals surface area contributed by atoms with Gasteiger partial charge in [-0.3, -0.25) is 0 Å². The van der Waals surface area contributed by atoms with Gasteiger partial charge in [-0.05, 0) is 135 Å². The van der Waals surface area contributed by atoms with E-state index in [-0.39, 0.29) is 6.15 Å². The van der Waals surface area contributed by atoms with Crippen molar-refractivity contribution in [3.05, 3.63) is 0 Å². The molecule has 0 radical (unpaired) electrons. The molecule has 4 aliphatic rings. The van der Waals surface area contributed by atoms with E-state index in [1.807, 2.05) is 0 Å². The van der Waals surface area contributed by atoms with Crippen LogP contribution >= 0.6 is 0 Å². The van der Waals surface area contributed by atoms with Gasteiger partial charge in [0.05, 0.1) is 0 Å². The Labute approximate surface area is 230 Å². The van der Waals surface area contributed by atoms with E-state index in [0.717, 1.165) is 48.0 Å². The quantitative estimate of drug-likeness (QED) is 0.242. The van der Waals surface area contributed by atoms with Gasteiger partial charge in [0.1, 0.15) is 0 Å². The van der Waals surface area contributed by atoms with Crippen molar-refractivity contribution in [3.8, 4) is 0 Å². The molecule has 0 aromatic heterocycles. The molecule has 4 heteroatoms. The number of hydrogen-bond donors (Lipinski definition) is 0. The summed E-state index contributed by atoms with van der Waals surface area (Å²) in [6.07, 6.45) is 18.1. The SMILES string of the molecule is CC[C@H](CCCO[Si](C)(C)C(C)(C)C)[C@H]1CCC2C3CC[C@H]4C[C@@H](C)CC[C@]4(C)C3CC[C@@]21C.O=C=O. The first-order valence-corrected chi connectivity index (χ1v) is 18.8. The molecule has 37 heavy (non-hydrogen) atoms. The third-order valence-electron chi connectivity index (χ3n) is 13.1. The van der Waals surface area contributed by atoms with Gasteiger partial charge in [-0.1, -0.05) is 61.3 Å². The molecule has 214 valence electrons. The van der Waals surface area contributed by atoms with E-state index >= 15 is 0 Å². The molecule has 0 bridgehead atoms. The van der Waals surface area contributed by atoms with Crippen LogP contribution in [-0.4, -0.2) is 21.1 Å². The lowest BCUT2D eigenvalue weighted by Gasteiger charge is -2.61. The standard InChI is InChI=1S/C32H60OSi.CO2/c1-10-24(12-11-21-33-34(8,9)30(3,4)5)27-15-16-28-26-14-13-25-22-23(2)17-19-31(25,6)29(26)18-20-32(27,28)7;2-1-3/h23-29H,10-22H2,1-9H3;/t23-,24+,25-,26?,27+,28?,29?,31-,32+;/m0./s1. The maximum atomic E-state index is 8.12. The van der Waals surface area contributed by atoms with E-state index in [1.165, 1.54) is 57.8 Å². The molecule has 4 saturated carbocycles. The second-order valence-corrected chi connectivity index (χ2v) is 20.6. The molecule has 3 nitrogen and oxygen atoms in total. The molecule has 3 unspecified atom stereocenters. The first-order valence-electron chi connectivity index (χ1n) is 15.9. The Morgan fingerprint density at radius 2 is 1.57 bits per heavy atom. The van der Waals surface area contributed by atoms with Crippen LogP contribution in [0.25, 0.3) is 0 Å². The largest absolute Gasteiger partial charge is 0.417 e. The fourth-order valence-electron chi connectivity index (χ4n) is 9.87. The average molecular weight is 533 g/mol. The van der Waals surface area contributed by atoms with Crippen LogP contribution in [0.3, 0.4) is 0 Å². The predicted octanol–water partition coefficient (Wildman–Crippen LogP) is 9.53. The minimum Gasteiger partial charge on any atom is -0.417 e. The minimum absolute atomic E-state index is 0.250. The van der Waals surface area contributed by atoms with Crippen LogP contribution in [0.1, 0.15) is 126 Å². The van der Waals surface area contributed by atoms with Gasteiger partial charge in [0, 0.05) is 6.61 Å². The van der Waals surface area contributed by atoms with Crippen LogP contribution in [0, 0.1) is 52.3 Å². The summed E-state index contributed by atoms with van der Waals surface area (Å²) in [7, 11) is -1.61. The van der Waals surface area contributed by atoms with E-state index < -0.39 is 8.32 Å². The van der Waals surface area contributed by atoms with Crippen LogP contribution in [-0.2, 0) is 14.0 Å². The molecule has 0 amide bonds. The summed E-state index contributed by atoms with van der Waals surface area (Å²) in [4.78, 5) is 16.2. The second kappa shape index (κ2) is 12.0. The molecule has 0 aromatic rings. The molecular formula is C33H60O3Si. The highest BCUT2D eigenvalue weighted by atomic mass is 28.4. The van der Waals surface area contributed by atoms with Crippen molar-refractivity contribution in [3.63, 3.8) is 0 Å². The molecule has 0 aliphatic heterocycles. The van der Waals surface area contributed by atoms with Crippen molar-refractivity contribution in [2.45, 2.75) is 144 Å². The average Bonchev–Trinajstić information content (AvgIpc) is 3.16. The molecule has 4 fully saturated rings. The van der Waals surface area contributed by atoms with Gasteiger partial charge < -0.3 is 4.43 Å². The lowest BCUT2D eigenvalue weighted by atomic mass is 9.44. The molecule has 9 atom stereocenters. The summed E-state index contributed by atoms with van der Waals surface area (Å²) < 4.78 is 6.56. The zero-order valence-corrected chi connectivity index (χ0v) is 27.0. The van der Waals surface area contributed by atoms with Gasteiger partial charge in [0.2, 0.25) is 0 Å². The maximum Gasteiger partial charge on any atom is 0.373 e. The summed E-state index contributed by atoms with van der Waals surface area (Å²) in [6, 6.07) is 0. The van der Waals surface area contributed by atoms with E-state index in [1.54, 1.807) is 19.3 Å². The number of hydrogen-bond acceptors (Lipinski definition) is 3. The van der Waals surface area contributed by atoms with Gasteiger partial charge in [-0.15, -0.1) is 0 Å². The Morgan fingerprint density at radius 1 is 0.946 bits per heavy atom. The molecule has 0 saturated heterocycles. The zero-order valence-electron chi connectivity index (χ0n) is 26.0. The lowest BCUT2D eigenvalue weighted by Crippen LogP contribution is -2.53. The fraction of sp³-hybridized carbons (Fsp3) is 0.970. The minimum atomic E-state index is -1.61. The van der Waals surface area contributed by atoms with Crippen molar-refractivity contribution >= 4 is 14.5 Å². The second-order valence-electron chi connectivity index (χ2n) is 15.8. The number of fused-ring (bicyclic) bond motifs is 5. The summed E-state index contributed by atoms with van der Waals surface area (Å²) in [5, 5.41) is 0.327. The number of rotatable bonds is 7. The van der Waals surface area contributed by atoms with Gasteiger partial charge in [-0.2, -0.15) is 9.59 Å². The topological polar surface area (TPSA) is 43.4 Å². The molecule has 4 rings (SSSR count). The van der Waals surface area contributed by atoms with Crippen LogP contribution in [0.15, 0.2) is 0 Å². The van der Waals surface area contributed by atoms with Gasteiger partial charge >= 0.3 is 6.15 Å². The van der Waals surface area contributed by atoms with Crippen LogP contribution < -0.4 is 0 Å². The maximum absolute atomic E-state index is 8.12. The smallest absolute Gasteiger partial charge is 0.373 e. The van der Waals surface area contributed by atoms with Crippen molar-refractivity contribution in [2.24, 2.45) is 52.3 Å². The first kappa shape index (κ1) is 31.1. The van der Waals surface area contributed by atoms with Crippen LogP contribution in [0.5, 0.6) is 0 Å². The van der Waals surface area contributed by atoms with E-state index in [9.17, 15) is 0 Å². The van der Waals surface area contributed by atoms with Crippen molar-refractivity contribution < 1.29 is 14.0 Å². The first-order chi connectivity index (χ1) is 17.2. The molecular weight excluding hydrogens is 472 g/mol. The Balaban J connectivity index is 0.00000121. The molecule has 4 aliphatic carbocycles. The van der Waals surface area contributed by atoms with Gasteiger partial charge in [-0.25, -0.2) is 0 Å². The zero-order chi connectivity index (χ0) is 27.6. The highest BCUT2D eigenvalue weighted by Gasteiger charge is 2.60. The molecule has 0 aromatic carbocycles. The van der Waals surface area contributed by atoms with Crippen molar-refractivity contribution in [1.29, 1.82) is 0 Å². The monoisotopic (exact) mass is 532 g/mol. The normalized spacial score (nSPS) is 40.4. The summed E-state index contributed by atoms with van der Waals surface area (Å²) >= 11 is 0. The van der Waals surface area contributed by atoms with Gasteiger partial charge in [0.15, 0.2) is 8.32 Å². The Bertz CT molecular complexity index is 781. The molecule has 0 heterocycles. The van der Waals surface area contributed by atoms with Crippen LogP contribution in [0.4, 0.5) is 0 Å². The van der Waals surface area contributed by atoms with E-state index in [2.05, 4.69) is 61.6 Å². The summed E-state index contributed by atoms with van der Waals surface area (Å²) in [5.41, 5.74) is 1.29. The summed E-state index contributed by atoms with van der Waals surface area (Å²) in [6.45, 7) is 23.4. The fourth-order valence-corrected chi connectivity index (χ4v) is 11.0.